The van der Waals surface area contributed by atoms with Crippen LogP contribution in [0, 0.1) is 0 Å². The number of fused-ring (bicyclic) bond motifs is 1. The Balaban J connectivity index is 1.85. The first-order chi connectivity index (χ1) is 14.8. The van der Waals surface area contributed by atoms with Crippen molar-refractivity contribution in [3.8, 4) is 5.75 Å². The van der Waals surface area contributed by atoms with Crippen molar-refractivity contribution < 1.29 is 9.53 Å². The molecule has 0 aliphatic heterocycles. The molecule has 0 heterocycles. The van der Waals surface area contributed by atoms with Crippen LogP contribution in [0.3, 0.4) is 0 Å². The van der Waals surface area contributed by atoms with Crippen molar-refractivity contribution in [1.82, 2.24) is 0 Å². The second-order valence-corrected chi connectivity index (χ2v) is 14.1. The molecule has 3 aromatic carbocycles. The Morgan fingerprint density at radius 1 is 0.903 bits per heavy atom. The van der Waals surface area contributed by atoms with Gasteiger partial charge >= 0.3 is 8.32 Å². The minimum atomic E-state index is -2.62. The molecule has 0 spiro atoms. The van der Waals surface area contributed by atoms with Crippen LogP contribution in [0.1, 0.15) is 57.6 Å². The quantitative estimate of drug-likeness (QED) is 0.547. The summed E-state index contributed by atoms with van der Waals surface area (Å²) in [5.74, 6) is 1.17. The lowest BCUT2D eigenvalue weighted by Crippen LogP contribution is -2.68. The number of aliphatic hydroxyl groups is 1. The van der Waals surface area contributed by atoms with Crippen LogP contribution >= 0.6 is 0 Å². The average Bonchev–Trinajstić information content (AvgIpc) is 2.77. The molecule has 2 atom stereocenters. The zero-order valence-corrected chi connectivity index (χ0v) is 20.1. The molecule has 3 aromatic rings. The maximum Gasteiger partial charge on any atom is 0.319 e. The van der Waals surface area contributed by atoms with E-state index in [1.54, 1.807) is 0 Å². The van der Waals surface area contributed by atoms with E-state index in [4.69, 9.17) is 4.43 Å². The van der Waals surface area contributed by atoms with E-state index >= 15 is 0 Å². The van der Waals surface area contributed by atoms with E-state index in [1.165, 1.54) is 21.5 Å². The Kier molecular flexibility index (Phi) is 6.09. The summed E-state index contributed by atoms with van der Waals surface area (Å²) in [6.45, 7) is 8.83. The molecule has 1 aliphatic rings. The molecule has 0 fully saturated rings. The van der Waals surface area contributed by atoms with Gasteiger partial charge in [-0.2, -0.15) is 0 Å². The average molecular weight is 431 g/mol. The fourth-order valence-corrected chi connectivity index (χ4v) is 9.63. The largest absolute Gasteiger partial charge is 0.534 e. The molecule has 4 rings (SSSR count). The molecular weight excluding hydrogens is 396 g/mol. The minimum Gasteiger partial charge on any atom is -0.534 e. The topological polar surface area (TPSA) is 29.5 Å². The molecular formula is C28H34O2Si. The molecule has 162 valence electrons. The fraction of sp³-hybridized carbons (Fsp3) is 0.357. The fourth-order valence-electron chi connectivity index (χ4n) is 5.22. The first kappa shape index (κ1) is 21.9. The van der Waals surface area contributed by atoms with E-state index in [2.05, 4.69) is 99.6 Å². The normalized spacial score (nSPS) is 17.6. The lowest BCUT2D eigenvalue weighted by Gasteiger charge is -2.43. The summed E-state index contributed by atoms with van der Waals surface area (Å²) in [6.07, 6.45) is 2.91. The Morgan fingerprint density at radius 2 is 1.48 bits per heavy atom. The van der Waals surface area contributed by atoms with Crippen LogP contribution < -0.4 is 14.8 Å². The van der Waals surface area contributed by atoms with Crippen LogP contribution in [-0.2, 0) is 6.42 Å². The molecule has 31 heavy (non-hydrogen) atoms. The second-order valence-electron chi connectivity index (χ2n) is 9.87. The number of hydrogen-bond acceptors (Lipinski definition) is 2. The molecule has 2 unspecified atom stereocenters. The molecule has 1 aliphatic carbocycles. The second kappa shape index (κ2) is 8.64. The summed E-state index contributed by atoms with van der Waals surface area (Å²) in [4.78, 5) is 0. The Bertz CT molecular complexity index is 967. The van der Waals surface area contributed by atoms with Crippen LogP contribution in [0.15, 0.2) is 78.9 Å². The minimum absolute atomic E-state index is 0.0617. The van der Waals surface area contributed by atoms with Gasteiger partial charge in [0, 0.05) is 5.92 Å². The van der Waals surface area contributed by atoms with Gasteiger partial charge < -0.3 is 9.53 Å². The molecule has 3 heteroatoms. The van der Waals surface area contributed by atoms with E-state index in [0.29, 0.717) is 0 Å². The molecule has 1 N–H and O–H groups in total. The predicted molar refractivity (Wildman–Crippen MR) is 132 cm³/mol. The highest BCUT2D eigenvalue weighted by Crippen LogP contribution is 2.40. The van der Waals surface area contributed by atoms with Gasteiger partial charge in [-0.05, 0) is 64.9 Å². The highest BCUT2D eigenvalue weighted by Gasteiger charge is 2.52. The molecule has 0 saturated carbocycles. The molecule has 0 saturated heterocycles. The molecule has 0 radical (unpaired) electrons. The van der Waals surface area contributed by atoms with Crippen molar-refractivity contribution in [1.29, 1.82) is 0 Å². The summed E-state index contributed by atoms with van der Waals surface area (Å²) in [6, 6.07) is 28.1. The van der Waals surface area contributed by atoms with Gasteiger partial charge in [0.15, 0.2) is 0 Å². The van der Waals surface area contributed by atoms with Crippen molar-refractivity contribution >= 4 is 18.7 Å². The van der Waals surface area contributed by atoms with E-state index in [-0.39, 0.29) is 17.1 Å². The van der Waals surface area contributed by atoms with Crippen LogP contribution in [0.25, 0.3) is 0 Å². The Morgan fingerprint density at radius 3 is 2.00 bits per heavy atom. The van der Waals surface area contributed by atoms with Gasteiger partial charge in [-0.1, -0.05) is 87.5 Å². The smallest absolute Gasteiger partial charge is 0.319 e. The van der Waals surface area contributed by atoms with E-state index < -0.39 is 8.32 Å². The van der Waals surface area contributed by atoms with E-state index in [1.807, 2.05) is 6.92 Å². The van der Waals surface area contributed by atoms with Gasteiger partial charge in [0.1, 0.15) is 5.75 Å². The van der Waals surface area contributed by atoms with Crippen LogP contribution in [0.4, 0.5) is 0 Å². The summed E-state index contributed by atoms with van der Waals surface area (Å²) in [5.41, 5.74) is 2.61. The molecule has 0 amide bonds. The van der Waals surface area contributed by atoms with Gasteiger partial charge in [0.2, 0.25) is 0 Å². The summed E-state index contributed by atoms with van der Waals surface area (Å²) >= 11 is 0. The van der Waals surface area contributed by atoms with Crippen molar-refractivity contribution in [2.45, 2.75) is 64.0 Å². The van der Waals surface area contributed by atoms with Gasteiger partial charge in [0.05, 0.1) is 6.10 Å². The Hall–Kier alpha value is -2.36. The van der Waals surface area contributed by atoms with E-state index in [0.717, 1.165) is 25.0 Å². The molecule has 0 bridgehead atoms. The SMILES string of the molecule is CC(O)C1CCCc2cc(O[Si](c3ccccc3)(c3ccccc3)C(C)(C)C)ccc21. The maximum atomic E-state index is 10.3. The highest BCUT2D eigenvalue weighted by molar-refractivity contribution is 7.00. The third kappa shape index (κ3) is 4.09. The molecule has 2 nitrogen and oxygen atoms in total. The monoisotopic (exact) mass is 430 g/mol. The van der Waals surface area contributed by atoms with Gasteiger partial charge in [-0.15, -0.1) is 0 Å². The van der Waals surface area contributed by atoms with Gasteiger partial charge in [-0.25, -0.2) is 0 Å². The van der Waals surface area contributed by atoms with Gasteiger partial charge in [-0.3, -0.25) is 0 Å². The van der Waals surface area contributed by atoms with Crippen molar-refractivity contribution in [3.63, 3.8) is 0 Å². The van der Waals surface area contributed by atoms with Crippen LogP contribution in [-0.4, -0.2) is 19.5 Å². The third-order valence-corrected chi connectivity index (χ3v) is 11.7. The molecule has 0 aromatic heterocycles. The van der Waals surface area contributed by atoms with Crippen LogP contribution in [0.5, 0.6) is 5.75 Å². The summed E-state index contributed by atoms with van der Waals surface area (Å²) in [5, 5.41) is 12.8. The summed E-state index contributed by atoms with van der Waals surface area (Å²) < 4.78 is 7.18. The number of aryl methyl sites for hydroxylation is 1. The standard InChI is InChI=1S/C28H34O2Si/c1-21(29)26-17-11-12-22-20-23(18-19-27(22)26)30-31(28(2,3)4,24-13-7-5-8-14-24)25-15-9-6-10-16-25/h5-10,13-16,18-21,26,29H,11-12,17H2,1-4H3. The van der Waals surface area contributed by atoms with Gasteiger partial charge in [0.25, 0.3) is 0 Å². The predicted octanol–water partition coefficient (Wildman–Crippen LogP) is 5.43. The number of rotatable bonds is 5. The zero-order chi connectivity index (χ0) is 22.1. The van der Waals surface area contributed by atoms with Crippen molar-refractivity contribution in [3.05, 3.63) is 90.0 Å². The number of benzene rings is 3. The van der Waals surface area contributed by atoms with E-state index in [9.17, 15) is 5.11 Å². The Labute approximate surface area is 188 Å². The highest BCUT2D eigenvalue weighted by atomic mass is 28.4. The number of hydrogen-bond donors (Lipinski definition) is 1. The van der Waals surface area contributed by atoms with Crippen LogP contribution in [0.2, 0.25) is 5.04 Å². The summed E-state index contributed by atoms with van der Waals surface area (Å²) in [7, 11) is -2.62. The lowest BCUT2D eigenvalue weighted by atomic mass is 9.80. The van der Waals surface area contributed by atoms with Crippen molar-refractivity contribution in [2.75, 3.05) is 0 Å². The maximum absolute atomic E-state index is 10.3. The first-order valence-corrected chi connectivity index (χ1v) is 13.3. The number of aliphatic hydroxyl groups excluding tert-OH is 1. The first-order valence-electron chi connectivity index (χ1n) is 11.4. The zero-order valence-electron chi connectivity index (χ0n) is 19.1. The third-order valence-electron chi connectivity index (χ3n) is 6.75. The van der Waals surface area contributed by atoms with Crippen molar-refractivity contribution in [2.24, 2.45) is 0 Å². The lowest BCUT2D eigenvalue weighted by molar-refractivity contribution is 0.153.